The minimum absolute atomic E-state index is 0.0326. The minimum Gasteiger partial charge on any atom is -0.495 e. The fourth-order valence-electron chi connectivity index (χ4n) is 4.43. The van der Waals surface area contributed by atoms with Gasteiger partial charge in [0, 0.05) is 5.39 Å². The lowest BCUT2D eigenvalue weighted by molar-refractivity contribution is -0.143. The fraction of sp³-hybridized carbons (Fsp3) is 0.320. The summed E-state index contributed by atoms with van der Waals surface area (Å²) in [5.41, 5.74) is 0.928. The van der Waals surface area contributed by atoms with Gasteiger partial charge in [0.1, 0.15) is 27.7 Å². The predicted octanol–water partition coefficient (Wildman–Crippen LogP) is 4.04. The van der Waals surface area contributed by atoms with Gasteiger partial charge in [-0.05, 0) is 22.9 Å². The molecule has 32 heavy (non-hydrogen) atoms. The second kappa shape index (κ2) is 9.40. The summed E-state index contributed by atoms with van der Waals surface area (Å²) in [6.45, 7) is 4.06. The van der Waals surface area contributed by atoms with E-state index in [9.17, 15) is 9.00 Å². The zero-order chi connectivity index (χ0) is 22.8. The molecule has 0 radical (unpaired) electrons. The Hall–Kier alpha value is -2.74. The van der Waals surface area contributed by atoms with E-state index in [0.29, 0.717) is 10.6 Å². The molecule has 1 heterocycles. The third kappa shape index (κ3) is 3.92. The number of carbonyl (C=O) groups excluding carboxylic acids is 1. The molecule has 3 aromatic carbocycles. The van der Waals surface area contributed by atoms with E-state index < -0.39 is 23.2 Å². The molecule has 0 aromatic heterocycles. The second-order valence-electron chi connectivity index (χ2n) is 8.14. The van der Waals surface area contributed by atoms with Gasteiger partial charge >= 0.3 is 5.97 Å². The molecule has 6 nitrogen and oxygen atoms in total. The standard InChI is InChI=1S/C25H28N2O4S/c1-16(2)22-21(25(28)31-4)26-24(18-11-6-5-7-12-18)27(22)32(29)23-19-13-9-8-10-17(19)14-15-20(23)30-3/h5-16,21-22,24,26H,1-4H3/t21-,22+,24-,32?/m0/s1. The van der Waals surface area contributed by atoms with Crippen LogP contribution >= 0.6 is 0 Å². The van der Waals surface area contributed by atoms with Crippen molar-refractivity contribution in [2.75, 3.05) is 14.2 Å². The van der Waals surface area contributed by atoms with E-state index in [1.54, 1.807) is 7.11 Å². The van der Waals surface area contributed by atoms with Crippen LogP contribution in [0.3, 0.4) is 0 Å². The van der Waals surface area contributed by atoms with E-state index in [-0.39, 0.29) is 17.9 Å². The van der Waals surface area contributed by atoms with Crippen molar-refractivity contribution in [3.63, 3.8) is 0 Å². The SMILES string of the molecule is COC(=O)[C@H]1N[C@H](c2ccccc2)N(S(=O)c2c(OC)ccc3ccccc23)[C@@H]1C(C)C. The number of methoxy groups -OCH3 is 2. The van der Waals surface area contributed by atoms with Crippen molar-refractivity contribution >= 4 is 27.7 Å². The molecule has 1 saturated heterocycles. The smallest absolute Gasteiger partial charge is 0.324 e. The summed E-state index contributed by atoms with van der Waals surface area (Å²) in [5, 5.41) is 5.23. The first-order valence-electron chi connectivity index (χ1n) is 10.6. The Morgan fingerprint density at radius 2 is 1.69 bits per heavy atom. The van der Waals surface area contributed by atoms with E-state index in [2.05, 4.69) is 5.32 Å². The molecule has 1 N–H and O–H groups in total. The Labute approximate surface area is 191 Å². The first-order chi connectivity index (χ1) is 15.5. The molecule has 1 aliphatic rings. The maximum absolute atomic E-state index is 14.4. The normalized spacial score (nSPS) is 22.2. The van der Waals surface area contributed by atoms with Gasteiger partial charge in [0.2, 0.25) is 0 Å². The lowest BCUT2D eigenvalue weighted by atomic mass is 9.98. The molecule has 0 amide bonds. The van der Waals surface area contributed by atoms with Crippen LogP contribution in [0, 0.1) is 5.92 Å². The Morgan fingerprint density at radius 3 is 2.34 bits per heavy atom. The van der Waals surface area contributed by atoms with Crippen LogP contribution in [0.2, 0.25) is 0 Å². The molecule has 1 fully saturated rings. The monoisotopic (exact) mass is 452 g/mol. The molecule has 3 aromatic rings. The third-order valence-electron chi connectivity index (χ3n) is 5.91. The predicted molar refractivity (Wildman–Crippen MR) is 125 cm³/mol. The van der Waals surface area contributed by atoms with Crippen molar-refractivity contribution in [3.8, 4) is 5.75 Å². The number of nitrogens with one attached hydrogen (secondary N) is 1. The maximum Gasteiger partial charge on any atom is 0.324 e. The zero-order valence-electron chi connectivity index (χ0n) is 18.6. The fourth-order valence-corrected chi connectivity index (χ4v) is 6.30. The van der Waals surface area contributed by atoms with Gasteiger partial charge in [0.05, 0.1) is 26.4 Å². The molecular weight excluding hydrogens is 424 g/mol. The van der Waals surface area contributed by atoms with Gasteiger partial charge in [-0.2, -0.15) is 4.31 Å². The van der Waals surface area contributed by atoms with Crippen LogP contribution < -0.4 is 10.1 Å². The zero-order valence-corrected chi connectivity index (χ0v) is 19.5. The quantitative estimate of drug-likeness (QED) is 0.572. The van der Waals surface area contributed by atoms with Crippen molar-refractivity contribution in [1.29, 1.82) is 0 Å². The number of ether oxygens (including phenoxy) is 2. The maximum atomic E-state index is 14.4. The van der Waals surface area contributed by atoms with E-state index in [0.717, 1.165) is 16.3 Å². The molecule has 1 unspecified atom stereocenters. The molecule has 0 saturated carbocycles. The Morgan fingerprint density at radius 1 is 1.00 bits per heavy atom. The van der Waals surface area contributed by atoms with Crippen molar-refractivity contribution in [3.05, 3.63) is 72.3 Å². The van der Waals surface area contributed by atoms with E-state index >= 15 is 0 Å². The summed E-state index contributed by atoms with van der Waals surface area (Å²) in [4.78, 5) is 13.3. The van der Waals surface area contributed by atoms with Crippen LogP contribution in [0.15, 0.2) is 71.6 Å². The summed E-state index contributed by atoms with van der Waals surface area (Å²) in [5.74, 6) is 0.220. The van der Waals surface area contributed by atoms with Gasteiger partial charge in [-0.1, -0.05) is 74.5 Å². The highest BCUT2D eigenvalue weighted by atomic mass is 32.2. The van der Waals surface area contributed by atoms with Crippen LogP contribution in [0.1, 0.15) is 25.6 Å². The largest absolute Gasteiger partial charge is 0.495 e. The van der Waals surface area contributed by atoms with Gasteiger partial charge < -0.3 is 9.47 Å². The molecule has 0 aliphatic carbocycles. The Bertz CT molecular complexity index is 1140. The number of hydrogen-bond donors (Lipinski definition) is 1. The van der Waals surface area contributed by atoms with E-state index in [4.69, 9.17) is 9.47 Å². The summed E-state index contributed by atoms with van der Waals surface area (Å²) >= 11 is 0. The highest BCUT2D eigenvalue weighted by Gasteiger charge is 2.50. The van der Waals surface area contributed by atoms with Crippen LogP contribution in [-0.4, -0.2) is 40.8 Å². The van der Waals surface area contributed by atoms with Gasteiger partial charge in [-0.15, -0.1) is 0 Å². The van der Waals surface area contributed by atoms with Crippen LogP contribution in [0.4, 0.5) is 0 Å². The molecule has 0 spiro atoms. The molecular formula is C25H28N2O4S. The number of carbonyl (C=O) groups is 1. The number of esters is 1. The number of nitrogens with zero attached hydrogens (tertiary/aromatic N) is 1. The molecule has 4 rings (SSSR count). The number of hydrogen-bond acceptors (Lipinski definition) is 5. The topological polar surface area (TPSA) is 67.9 Å². The van der Waals surface area contributed by atoms with Crippen LogP contribution in [0.5, 0.6) is 5.75 Å². The minimum atomic E-state index is -1.63. The summed E-state index contributed by atoms with van der Waals surface area (Å²) < 4.78 is 27.0. The highest BCUT2D eigenvalue weighted by molar-refractivity contribution is 7.83. The summed E-state index contributed by atoms with van der Waals surface area (Å²) in [6, 6.07) is 20.4. The van der Waals surface area contributed by atoms with Gasteiger partial charge in [0.15, 0.2) is 0 Å². The molecule has 168 valence electrons. The molecule has 0 bridgehead atoms. The lowest BCUT2D eigenvalue weighted by Crippen LogP contribution is -2.46. The van der Waals surface area contributed by atoms with Crippen LogP contribution in [0.25, 0.3) is 10.8 Å². The van der Waals surface area contributed by atoms with Gasteiger partial charge in [0.25, 0.3) is 0 Å². The number of rotatable bonds is 6. The first kappa shape index (κ1) is 22.5. The number of fused-ring (bicyclic) bond motifs is 1. The summed E-state index contributed by atoms with van der Waals surface area (Å²) in [6.07, 6.45) is -0.433. The molecule has 7 heteroatoms. The summed E-state index contributed by atoms with van der Waals surface area (Å²) in [7, 11) is 1.34. The molecule has 1 aliphatic heterocycles. The Balaban J connectivity index is 1.90. The number of benzene rings is 3. The van der Waals surface area contributed by atoms with E-state index in [1.165, 1.54) is 7.11 Å². The lowest BCUT2D eigenvalue weighted by Gasteiger charge is -2.31. The van der Waals surface area contributed by atoms with Crippen molar-refractivity contribution in [2.45, 2.75) is 37.0 Å². The van der Waals surface area contributed by atoms with Crippen molar-refractivity contribution in [2.24, 2.45) is 5.92 Å². The average molecular weight is 453 g/mol. The Kier molecular flexibility index (Phi) is 6.60. The third-order valence-corrected chi connectivity index (χ3v) is 7.52. The molecule has 4 atom stereocenters. The van der Waals surface area contributed by atoms with Crippen LogP contribution in [-0.2, 0) is 20.5 Å². The van der Waals surface area contributed by atoms with E-state index in [1.807, 2.05) is 84.9 Å². The highest BCUT2D eigenvalue weighted by Crippen LogP contribution is 2.40. The average Bonchev–Trinajstić information content (AvgIpc) is 3.24. The first-order valence-corrected chi connectivity index (χ1v) is 11.7. The second-order valence-corrected chi connectivity index (χ2v) is 9.47. The van der Waals surface area contributed by atoms with Gasteiger partial charge in [-0.3, -0.25) is 10.1 Å². The van der Waals surface area contributed by atoms with Gasteiger partial charge in [-0.25, -0.2) is 4.21 Å². The van der Waals surface area contributed by atoms with Crippen molar-refractivity contribution < 1.29 is 18.5 Å². The van der Waals surface area contributed by atoms with Crippen molar-refractivity contribution in [1.82, 2.24) is 9.62 Å².